The number of carbonyl (C=O) groups is 1. The molecule has 136 valence electrons. The third-order valence-corrected chi connectivity index (χ3v) is 4.54. The number of amides is 2. The maximum Gasteiger partial charge on any atom is 0.317 e. The van der Waals surface area contributed by atoms with Gasteiger partial charge in [-0.3, -0.25) is 0 Å². The van der Waals surface area contributed by atoms with Crippen LogP contribution in [-0.4, -0.2) is 40.7 Å². The van der Waals surface area contributed by atoms with Crippen LogP contribution in [0.1, 0.15) is 11.1 Å². The van der Waals surface area contributed by atoms with Gasteiger partial charge in [-0.25, -0.2) is 4.79 Å². The number of aliphatic hydroxyl groups is 1. The van der Waals surface area contributed by atoms with Crippen LogP contribution in [0.25, 0.3) is 10.9 Å². The Hall–Kier alpha value is -2.50. The second-order valence-corrected chi connectivity index (χ2v) is 6.55. The monoisotopic (exact) mass is 371 g/mol. The van der Waals surface area contributed by atoms with Gasteiger partial charge in [0.1, 0.15) is 0 Å². The first-order chi connectivity index (χ1) is 12.7. The first kappa shape index (κ1) is 18.3. The summed E-state index contributed by atoms with van der Waals surface area (Å²) in [7, 11) is 0. The van der Waals surface area contributed by atoms with Crippen LogP contribution in [0.2, 0.25) is 5.02 Å². The summed E-state index contributed by atoms with van der Waals surface area (Å²) in [5, 5.41) is 14.0. The zero-order valence-corrected chi connectivity index (χ0v) is 15.2. The number of halogens is 1. The molecule has 0 spiro atoms. The van der Waals surface area contributed by atoms with Gasteiger partial charge in [0, 0.05) is 41.8 Å². The van der Waals surface area contributed by atoms with Crippen molar-refractivity contribution in [3.63, 3.8) is 0 Å². The van der Waals surface area contributed by atoms with E-state index in [1.54, 1.807) is 17.0 Å². The molecular weight excluding hydrogens is 350 g/mol. The summed E-state index contributed by atoms with van der Waals surface area (Å²) in [4.78, 5) is 17.3. The summed E-state index contributed by atoms with van der Waals surface area (Å²) < 4.78 is 0. The Morgan fingerprint density at radius 2 is 1.92 bits per heavy atom. The van der Waals surface area contributed by atoms with Crippen molar-refractivity contribution in [2.24, 2.45) is 0 Å². The number of nitrogens with one attached hydrogen (secondary N) is 2. The Morgan fingerprint density at radius 1 is 1.15 bits per heavy atom. The number of hydrogen-bond donors (Lipinski definition) is 3. The van der Waals surface area contributed by atoms with Gasteiger partial charge in [-0.15, -0.1) is 0 Å². The zero-order valence-electron chi connectivity index (χ0n) is 14.4. The average molecular weight is 372 g/mol. The molecule has 0 aliphatic heterocycles. The fourth-order valence-corrected chi connectivity index (χ4v) is 3.06. The summed E-state index contributed by atoms with van der Waals surface area (Å²) in [6.07, 6.45) is 2.72. The number of aromatic amines is 1. The van der Waals surface area contributed by atoms with Crippen molar-refractivity contribution < 1.29 is 9.90 Å². The van der Waals surface area contributed by atoms with Gasteiger partial charge in [0.25, 0.3) is 0 Å². The lowest BCUT2D eigenvalue weighted by Gasteiger charge is -2.22. The predicted octanol–water partition coefficient (Wildman–Crippen LogP) is 3.57. The van der Waals surface area contributed by atoms with E-state index in [-0.39, 0.29) is 19.2 Å². The number of fused-ring (bicyclic) bond motifs is 1. The standard InChI is InChI=1S/C20H22ClN3O2/c21-17-7-5-15(6-8-17)14-24(11-12-25)20(26)22-10-9-16-13-23-19-4-2-1-3-18(16)19/h1-8,13,23,25H,9-12,14H2,(H,22,26). The molecule has 3 N–H and O–H groups in total. The third kappa shape index (κ3) is 4.56. The van der Waals surface area contributed by atoms with E-state index in [9.17, 15) is 9.90 Å². The number of H-pyrrole nitrogens is 1. The molecule has 1 heterocycles. The summed E-state index contributed by atoms with van der Waals surface area (Å²) in [6.45, 7) is 1.16. The molecule has 2 aromatic carbocycles. The van der Waals surface area contributed by atoms with Crippen LogP contribution in [0.3, 0.4) is 0 Å². The van der Waals surface area contributed by atoms with Crippen LogP contribution in [-0.2, 0) is 13.0 Å². The molecule has 0 radical (unpaired) electrons. The number of para-hydroxylation sites is 1. The number of rotatable bonds is 7. The highest BCUT2D eigenvalue weighted by Crippen LogP contribution is 2.17. The van der Waals surface area contributed by atoms with Crippen LogP contribution in [0.4, 0.5) is 4.79 Å². The van der Waals surface area contributed by atoms with Crippen molar-refractivity contribution in [2.75, 3.05) is 19.7 Å². The summed E-state index contributed by atoms with van der Waals surface area (Å²) in [6, 6.07) is 15.3. The SMILES string of the molecule is O=C(NCCc1c[nH]c2ccccc12)N(CCO)Cc1ccc(Cl)cc1. The molecule has 0 atom stereocenters. The van der Waals surface area contributed by atoms with E-state index in [4.69, 9.17) is 11.6 Å². The highest BCUT2D eigenvalue weighted by molar-refractivity contribution is 6.30. The Kier molecular flexibility index (Phi) is 6.15. The molecule has 1 aromatic heterocycles. The zero-order chi connectivity index (χ0) is 18.4. The fourth-order valence-electron chi connectivity index (χ4n) is 2.94. The molecule has 0 unspecified atom stereocenters. The lowest BCUT2D eigenvalue weighted by molar-refractivity contribution is 0.174. The molecule has 0 fully saturated rings. The van der Waals surface area contributed by atoms with Crippen molar-refractivity contribution in [2.45, 2.75) is 13.0 Å². The minimum absolute atomic E-state index is 0.0799. The van der Waals surface area contributed by atoms with E-state index in [2.05, 4.69) is 16.4 Å². The Labute approximate surface area is 157 Å². The van der Waals surface area contributed by atoms with Gasteiger partial charge in [-0.05, 0) is 35.7 Å². The molecule has 0 aliphatic carbocycles. The molecule has 5 nitrogen and oxygen atoms in total. The van der Waals surface area contributed by atoms with Gasteiger partial charge in [0.2, 0.25) is 0 Å². The maximum absolute atomic E-state index is 12.5. The van der Waals surface area contributed by atoms with Gasteiger partial charge < -0.3 is 20.3 Å². The van der Waals surface area contributed by atoms with E-state index in [0.717, 1.165) is 17.5 Å². The summed E-state index contributed by atoms with van der Waals surface area (Å²) >= 11 is 5.90. The number of nitrogens with zero attached hydrogens (tertiary/aromatic N) is 1. The van der Waals surface area contributed by atoms with Crippen molar-refractivity contribution >= 4 is 28.5 Å². The normalized spacial score (nSPS) is 10.8. The lowest BCUT2D eigenvalue weighted by atomic mass is 10.1. The number of hydrogen-bond acceptors (Lipinski definition) is 2. The van der Waals surface area contributed by atoms with Gasteiger partial charge in [-0.1, -0.05) is 41.9 Å². The van der Waals surface area contributed by atoms with Crippen molar-refractivity contribution in [3.8, 4) is 0 Å². The third-order valence-electron chi connectivity index (χ3n) is 4.29. The van der Waals surface area contributed by atoms with Crippen molar-refractivity contribution in [1.82, 2.24) is 15.2 Å². The highest BCUT2D eigenvalue weighted by Gasteiger charge is 2.13. The molecule has 3 aromatic rings. The Morgan fingerprint density at radius 3 is 2.69 bits per heavy atom. The minimum Gasteiger partial charge on any atom is -0.395 e. The quantitative estimate of drug-likeness (QED) is 0.594. The van der Waals surface area contributed by atoms with Gasteiger partial charge in [-0.2, -0.15) is 0 Å². The lowest BCUT2D eigenvalue weighted by Crippen LogP contribution is -2.41. The van der Waals surface area contributed by atoms with E-state index in [1.165, 1.54) is 10.9 Å². The maximum atomic E-state index is 12.5. The van der Waals surface area contributed by atoms with E-state index < -0.39 is 0 Å². The number of benzene rings is 2. The molecule has 2 amide bonds. The van der Waals surface area contributed by atoms with Crippen molar-refractivity contribution in [1.29, 1.82) is 0 Å². The highest BCUT2D eigenvalue weighted by atomic mass is 35.5. The fraction of sp³-hybridized carbons (Fsp3) is 0.250. The molecule has 3 rings (SSSR count). The first-order valence-electron chi connectivity index (χ1n) is 8.60. The van der Waals surface area contributed by atoms with E-state index >= 15 is 0 Å². The Bertz CT molecular complexity index is 861. The molecule has 0 saturated heterocycles. The molecular formula is C20H22ClN3O2. The van der Waals surface area contributed by atoms with E-state index in [1.807, 2.05) is 36.5 Å². The second-order valence-electron chi connectivity index (χ2n) is 6.11. The van der Waals surface area contributed by atoms with Crippen LogP contribution in [0, 0.1) is 0 Å². The molecule has 0 saturated carbocycles. The number of carbonyl (C=O) groups excluding carboxylic acids is 1. The molecule has 26 heavy (non-hydrogen) atoms. The molecule has 6 heteroatoms. The molecule has 0 aliphatic rings. The second kappa shape index (κ2) is 8.74. The average Bonchev–Trinajstić information content (AvgIpc) is 3.06. The Balaban J connectivity index is 1.56. The topological polar surface area (TPSA) is 68.4 Å². The smallest absolute Gasteiger partial charge is 0.317 e. The predicted molar refractivity (Wildman–Crippen MR) is 104 cm³/mol. The van der Waals surface area contributed by atoms with Crippen LogP contribution >= 0.6 is 11.6 Å². The first-order valence-corrected chi connectivity index (χ1v) is 8.98. The molecule has 0 bridgehead atoms. The summed E-state index contributed by atoms with van der Waals surface area (Å²) in [5.74, 6) is 0. The number of urea groups is 1. The number of aromatic nitrogens is 1. The van der Waals surface area contributed by atoms with Gasteiger partial charge in [0.05, 0.1) is 6.61 Å². The largest absolute Gasteiger partial charge is 0.395 e. The van der Waals surface area contributed by atoms with Gasteiger partial charge >= 0.3 is 6.03 Å². The minimum atomic E-state index is -0.186. The van der Waals surface area contributed by atoms with Crippen LogP contribution in [0.15, 0.2) is 54.7 Å². The summed E-state index contributed by atoms with van der Waals surface area (Å²) in [5.41, 5.74) is 3.24. The van der Waals surface area contributed by atoms with Crippen molar-refractivity contribution in [3.05, 3.63) is 70.9 Å². The van der Waals surface area contributed by atoms with Crippen LogP contribution < -0.4 is 5.32 Å². The van der Waals surface area contributed by atoms with Gasteiger partial charge in [0.15, 0.2) is 0 Å². The number of aliphatic hydroxyl groups excluding tert-OH is 1. The van der Waals surface area contributed by atoms with Crippen LogP contribution in [0.5, 0.6) is 0 Å². The van der Waals surface area contributed by atoms with E-state index in [0.29, 0.717) is 18.1 Å².